The molecule has 1 amide bonds. The van der Waals surface area contributed by atoms with E-state index in [1.54, 1.807) is 24.3 Å². The fourth-order valence-electron chi connectivity index (χ4n) is 3.48. The molecule has 34 heavy (non-hydrogen) atoms. The molecule has 9 heteroatoms. The summed E-state index contributed by atoms with van der Waals surface area (Å²) in [6, 6.07) is 19.6. The minimum atomic E-state index is -4.45. The molecule has 5 rings (SSSR count). The largest absolute Gasteiger partial charge is 0.457 e. The van der Waals surface area contributed by atoms with Gasteiger partial charge in [0.25, 0.3) is 0 Å². The van der Waals surface area contributed by atoms with E-state index in [-0.39, 0.29) is 17.8 Å². The first kappa shape index (κ1) is 21.8. The number of carbonyl (C=O) groups is 1. The maximum absolute atomic E-state index is 13.0. The van der Waals surface area contributed by atoms with E-state index in [9.17, 15) is 18.0 Å². The number of carbonyl (C=O) groups excluding carboxylic acids is 1. The van der Waals surface area contributed by atoms with Crippen molar-refractivity contribution in [2.75, 3.05) is 5.32 Å². The van der Waals surface area contributed by atoms with Gasteiger partial charge in [-0.15, -0.1) is 0 Å². The smallest absolute Gasteiger partial charge is 0.416 e. The summed E-state index contributed by atoms with van der Waals surface area (Å²) in [7, 11) is 0. The fourth-order valence-corrected chi connectivity index (χ4v) is 4.39. The summed E-state index contributed by atoms with van der Waals surface area (Å²) in [6.45, 7) is 0. The minimum absolute atomic E-state index is 0.164. The molecule has 2 heterocycles. The molecule has 0 aliphatic rings. The van der Waals surface area contributed by atoms with Crippen LogP contribution in [0.25, 0.3) is 21.1 Å². The molecule has 0 aliphatic heterocycles. The monoisotopic (exact) mass is 479 g/mol. The van der Waals surface area contributed by atoms with Crippen molar-refractivity contribution < 1.29 is 22.7 Å². The Kier molecular flexibility index (Phi) is 5.62. The van der Waals surface area contributed by atoms with Gasteiger partial charge in [0.05, 0.1) is 27.7 Å². The van der Waals surface area contributed by atoms with Gasteiger partial charge in [0.15, 0.2) is 5.13 Å². The first-order valence-electron chi connectivity index (χ1n) is 10.2. The van der Waals surface area contributed by atoms with Gasteiger partial charge in [0.2, 0.25) is 5.91 Å². The predicted molar refractivity (Wildman–Crippen MR) is 125 cm³/mol. The van der Waals surface area contributed by atoms with Crippen molar-refractivity contribution in [3.8, 4) is 11.5 Å². The number of benzene rings is 3. The number of rotatable bonds is 5. The summed E-state index contributed by atoms with van der Waals surface area (Å²) >= 11 is 1.31. The van der Waals surface area contributed by atoms with Crippen LogP contribution in [0.1, 0.15) is 11.1 Å². The van der Waals surface area contributed by atoms with E-state index in [1.165, 1.54) is 23.6 Å². The lowest BCUT2D eigenvalue weighted by Gasteiger charge is -2.11. The number of pyridine rings is 1. The number of thiazole rings is 1. The number of anilines is 1. The lowest BCUT2D eigenvalue weighted by Crippen LogP contribution is -2.13. The normalized spacial score (nSPS) is 11.6. The summed E-state index contributed by atoms with van der Waals surface area (Å²) in [5.41, 5.74) is 1.03. The van der Waals surface area contributed by atoms with E-state index in [0.717, 1.165) is 22.4 Å². The van der Waals surface area contributed by atoms with Crippen LogP contribution in [0.15, 0.2) is 79.0 Å². The second-order valence-electron chi connectivity index (χ2n) is 7.50. The number of nitrogens with one attached hydrogen (secondary N) is 1. The SMILES string of the molecule is O=C(Cc1ccccc1)Nc1nc2ccc(Oc3ccnc4cc(C(F)(F)F)ccc34)cc2s1. The summed E-state index contributed by atoms with van der Waals surface area (Å²) < 4.78 is 45.8. The zero-order chi connectivity index (χ0) is 23.7. The molecule has 0 saturated heterocycles. The highest BCUT2D eigenvalue weighted by atomic mass is 32.1. The highest BCUT2D eigenvalue weighted by molar-refractivity contribution is 7.22. The number of alkyl halides is 3. The molecule has 5 aromatic rings. The number of aromatic nitrogens is 2. The Hall–Kier alpha value is -3.98. The van der Waals surface area contributed by atoms with Crippen LogP contribution in [-0.4, -0.2) is 15.9 Å². The highest BCUT2D eigenvalue weighted by Crippen LogP contribution is 2.36. The minimum Gasteiger partial charge on any atom is -0.457 e. The van der Waals surface area contributed by atoms with Gasteiger partial charge < -0.3 is 10.1 Å². The molecule has 170 valence electrons. The first-order valence-corrected chi connectivity index (χ1v) is 11.0. The lowest BCUT2D eigenvalue weighted by molar-refractivity contribution is -0.137. The van der Waals surface area contributed by atoms with E-state index in [1.807, 2.05) is 30.3 Å². The van der Waals surface area contributed by atoms with Crippen molar-refractivity contribution in [1.29, 1.82) is 0 Å². The van der Waals surface area contributed by atoms with Crippen molar-refractivity contribution in [3.63, 3.8) is 0 Å². The third-order valence-corrected chi connectivity index (χ3v) is 6.01. The Labute approximate surface area is 195 Å². The number of fused-ring (bicyclic) bond motifs is 2. The third-order valence-electron chi connectivity index (χ3n) is 5.07. The van der Waals surface area contributed by atoms with Crippen LogP contribution in [0.4, 0.5) is 18.3 Å². The number of halogens is 3. The topological polar surface area (TPSA) is 64.1 Å². The summed E-state index contributed by atoms with van der Waals surface area (Å²) in [4.78, 5) is 20.8. The van der Waals surface area contributed by atoms with Crippen molar-refractivity contribution in [1.82, 2.24) is 9.97 Å². The first-order chi connectivity index (χ1) is 16.3. The number of ether oxygens (including phenoxy) is 1. The van der Waals surface area contributed by atoms with Crippen molar-refractivity contribution >= 4 is 43.5 Å². The maximum Gasteiger partial charge on any atom is 0.416 e. The van der Waals surface area contributed by atoms with Gasteiger partial charge in [-0.3, -0.25) is 9.78 Å². The van der Waals surface area contributed by atoms with Gasteiger partial charge in [-0.2, -0.15) is 13.2 Å². The Bertz CT molecular complexity index is 1500. The fraction of sp³-hybridized carbons (Fsp3) is 0.0800. The van der Waals surface area contributed by atoms with Crippen LogP contribution in [0.5, 0.6) is 11.5 Å². The van der Waals surface area contributed by atoms with E-state index in [0.29, 0.717) is 27.5 Å². The third kappa shape index (κ3) is 4.69. The highest BCUT2D eigenvalue weighted by Gasteiger charge is 2.30. The van der Waals surface area contributed by atoms with Gasteiger partial charge >= 0.3 is 6.18 Å². The molecule has 0 bridgehead atoms. The van der Waals surface area contributed by atoms with Crippen molar-refractivity contribution in [2.45, 2.75) is 12.6 Å². The molecular weight excluding hydrogens is 463 g/mol. The van der Waals surface area contributed by atoms with Gasteiger partial charge in [0.1, 0.15) is 11.5 Å². The summed E-state index contributed by atoms with van der Waals surface area (Å²) in [5.74, 6) is 0.716. The van der Waals surface area contributed by atoms with Crippen LogP contribution in [-0.2, 0) is 17.4 Å². The van der Waals surface area contributed by atoms with E-state index in [2.05, 4.69) is 15.3 Å². The molecule has 0 radical (unpaired) electrons. The number of hydrogen-bond donors (Lipinski definition) is 1. The van der Waals surface area contributed by atoms with Gasteiger partial charge in [-0.05, 0) is 42.0 Å². The van der Waals surface area contributed by atoms with Crippen molar-refractivity contribution in [3.05, 3.63) is 90.1 Å². The molecule has 1 N–H and O–H groups in total. The van der Waals surface area contributed by atoms with E-state index < -0.39 is 11.7 Å². The Morgan fingerprint density at radius 3 is 2.59 bits per heavy atom. The lowest BCUT2D eigenvalue weighted by atomic mass is 10.1. The number of amides is 1. The van der Waals surface area contributed by atoms with Gasteiger partial charge in [0, 0.05) is 17.6 Å². The average molecular weight is 479 g/mol. The molecular formula is C25H16F3N3O2S. The van der Waals surface area contributed by atoms with E-state index >= 15 is 0 Å². The predicted octanol–water partition coefficient (Wildman–Crippen LogP) is 6.84. The van der Waals surface area contributed by atoms with Crippen LogP contribution in [0.3, 0.4) is 0 Å². The maximum atomic E-state index is 13.0. The van der Waals surface area contributed by atoms with E-state index in [4.69, 9.17) is 4.74 Å². The van der Waals surface area contributed by atoms with Crippen LogP contribution < -0.4 is 10.1 Å². The quantitative estimate of drug-likeness (QED) is 0.300. The zero-order valence-corrected chi connectivity index (χ0v) is 18.3. The Morgan fingerprint density at radius 2 is 1.79 bits per heavy atom. The molecule has 3 aromatic carbocycles. The molecule has 0 saturated carbocycles. The molecule has 0 aliphatic carbocycles. The molecule has 0 unspecified atom stereocenters. The van der Waals surface area contributed by atoms with Crippen molar-refractivity contribution in [2.24, 2.45) is 0 Å². The average Bonchev–Trinajstić information content (AvgIpc) is 3.20. The zero-order valence-electron chi connectivity index (χ0n) is 17.5. The summed E-state index contributed by atoms with van der Waals surface area (Å²) in [6.07, 6.45) is -2.79. The van der Waals surface area contributed by atoms with Crippen LogP contribution >= 0.6 is 11.3 Å². The molecule has 0 fully saturated rings. The van der Waals surface area contributed by atoms with Gasteiger partial charge in [-0.25, -0.2) is 4.98 Å². The second-order valence-corrected chi connectivity index (χ2v) is 8.53. The standard InChI is InChI=1S/C25H16F3N3O2S/c26-25(27,28)16-6-8-18-20(13-16)29-11-10-21(18)33-17-7-9-19-22(14-17)34-24(30-19)31-23(32)12-15-4-2-1-3-5-15/h1-11,13-14H,12H2,(H,30,31,32). The van der Waals surface area contributed by atoms with Crippen LogP contribution in [0, 0.1) is 0 Å². The molecule has 5 nitrogen and oxygen atoms in total. The Balaban J connectivity index is 1.36. The summed E-state index contributed by atoms with van der Waals surface area (Å²) in [5, 5.41) is 3.76. The Morgan fingerprint density at radius 1 is 0.971 bits per heavy atom. The number of hydrogen-bond acceptors (Lipinski definition) is 5. The molecule has 2 aromatic heterocycles. The molecule has 0 atom stereocenters. The van der Waals surface area contributed by atoms with Gasteiger partial charge in [-0.1, -0.05) is 41.7 Å². The second kappa shape index (κ2) is 8.75. The number of nitrogens with zero attached hydrogens (tertiary/aromatic N) is 2. The van der Waals surface area contributed by atoms with Crippen LogP contribution in [0.2, 0.25) is 0 Å². The molecule has 0 spiro atoms.